The molecule has 0 radical (unpaired) electrons. The molecular weight excluding hydrogens is 354 g/mol. The van der Waals surface area contributed by atoms with Crippen LogP contribution in [0.5, 0.6) is 0 Å². The Bertz CT molecular complexity index is 846. The summed E-state index contributed by atoms with van der Waals surface area (Å²) in [4.78, 5) is 2.23. The number of piperazine rings is 1. The Hall–Kier alpha value is -1.97. The van der Waals surface area contributed by atoms with Gasteiger partial charge < -0.3 is 14.6 Å². The summed E-state index contributed by atoms with van der Waals surface area (Å²) in [6.45, 7) is 4.57. The van der Waals surface area contributed by atoms with E-state index in [9.17, 15) is 8.42 Å². The van der Waals surface area contributed by atoms with E-state index in [1.165, 1.54) is 0 Å². The van der Waals surface area contributed by atoms with Crippen LogP contribution >= 0.6 is 0 Å². The molecule has 0 aliphatic carbocycles. The van der Waals surface area contributed by atoms with Crippen LogP contribution in [0.4, 0.5) is 5.69 Å². The van der Waals surface area contributed by atoms with E-state index in [2.05, 4.69) is 32.5 Å². The van der Waals surface area contributed by atoms with Crippen LogP contribution in [0.15, 0.2) is 34.7 Å². The molecule has 2 fully saturated rings. The molecule has 0 saturated carbocycles. The smallest absolute Gasteiger partial charge is 0.233 e. The summed E-state index contributed by atoms with van der Waals surface area (Å²) in [5.74, 6) is 0.958. The zero-order chi connectivity index (χ0) is 18.1. The summed E-state index contributed by atoms with van der Waals surface area (Å²) in [7, 11) is -3.35. The molecule has 140 valence electrons. The maximum Gasteiger partial charge on any atom is 0.233 e. The summed E-state index contributed by atoms with van der Waals surface area (Å²) >= 11 is 0. The Morgan fingerprint density at radius 3 is 2.50 bits per heavy atom. The van der Waals surface area contributed by atoms with Crippen molar-refractivity contribution in [1.82, 2.24) is 19.8 Å². The number of hydrogen-bond donors (Lipinski definition) is 1. The van der Waals surface area contributed by atoms with Gasteiger partial charge in [0.25, 0.3) is 0 Å². The second-order valence-corrected chi connectivity index (χ2v) is 8.96. The van der Waals surface area contributed by atoms with Crippen molar-refractivity contribution in [3.8, 4) is 0 Å². The van der Waals surface area contributed by atoms with Crippen molar-refractivity contribution in [3.05, 3.63) is 42.1 Å². The van der Waals surface area contributed by atoms with E-state index in [1.54, 1.807) is 11.2 Å². The maximum atomic E-state index is 13.0. The van der Waals surface area contributed by atoms with E-state index in [4.69, 9.17) is 4.42 Å². The molecule has 2 aliphatic heterocycles. The molecule has 0 bridgehead atoms. The van der Waals surface area contributed by atoms with Crippen LogP contribution in [-0.4, -0.2) is 60.9 Å². The lowest BCUT2D eigenvalue weighted by molar-refractivity contribution is 0.378. The first-order chi connectivity index (χ1) is 12.5. The van der Waals surface area contributed by atoms with E-state index >= 15 is 0 Å². The molecule has 2 unspecified atom stereocenters. The molecule has 4 rings (SSSR count). The van der Waals surface area contributed by atoms with Crippen LogP contribution in [0.2, 0.25) is 0 Å². The highest BCUT2D eigenvalue weighted by Gasteiger charge is 2.40. The number of anilines is 1. The van der Waals surface area contributed by atoms with Gasteiger partial charge >= 0.3 is 0 Å². The van der Waals surface area contributed by atoms with Crippen molar-refractivity contribution in [2.24, 2.45) is 0 Å². The predicted molar refractivity (Wildman–Crippen MR) is 97.3 cm³/mol. The first-order valence-corrected chi connectivity index (χ1v) is 10.4. The molecule has 2 aromatic rings. The first-order valence-electron chi connectivity index (χ1n) is 8.86. The maximum absolute atomic E-state index is 13.0. The summed E-state index contributed by atoms with van der Waals surface area (Å²) in [5.41, 5.74) is 1.14. The van der Waals surface area contributed by atoms with Gasteiger partial charge in [-0.1, -0.05) is 18.2 Å². The Kier molecular flexibility index (Phi) is 4.68. The normalized spacial score (nSPS) is 24.9. The lowest BCUT2D eigenvalue weighted by atomic mass is 10.2. The van der Waals surface area contributed by atoms with Gasteiger partial charge in [0.2, 0.25) is 21.8 Å². The van der Waals surface area contributed by atoms with Gasteiger partial charge in [0, 0.05) is 45.3 Å². The number of sulfonamides is 1. The van der Waals surface area contributed by atoms with Gasteiger partial charge in [-0.15, -0.1) is 10.2 Å². The van der Waals surface area contributed by atoms with Gasteiger partial charge in [-0.05, 0) is 18.6 Å². The number of hydrogen-bond acceptors (Lipinski definition) is 7. The second kappa shape index (κ2) is 6.98. The molecule has 2 saturated heterocycles. The SMILES string of the molecule is Cc1nnc(C2CC(S(=O)(=O)N3CCN(c4ccccc4)CC3)CN2)o1. The van der Waals surface area contributed by atoms with Crippen molar-refractivity contribution >= 4 is 15.7 Å². The third-order valence-electron chi connectivity index (χ3n) is 5.07. The average Bonchev–Trinajstić information content (AvgIpc) is 3.32. The van der Waals surface area contributed by atoms with Gasteiger partial charge in [0.1, 0.15) is 0 Å². The van der Waals surface area contributed by atoms with Crippen LogP contribution in [0.1, 0.15) is 24.2 Å². The van der Waals surface area contributed by atoms with Gasteiger partial charge in [-0.3, -0.25) is 0 Å². The molecule has 0 spiro atoms. The number of nitrogens with one attached hydrogen (secondary N) is 1. The number of aryl methyl sites for hydroxylation is 1. The minimum Gasteiger partial charge on any atom is -0.424 e. The van der Waals surface area contributed by atoms with Crippen LogP contribution in [-0.2, 0) is 10.0 Å². The Morgan fingerprint density at radius 1 is 1.12 bits per heavy atom. The summed E-state index contributed by atoms with van der Waals surface area (Å²) in [6.07, 6.45) is 0.461. The van der Waals surface area contributed by atoms with Gasteiger partial charge in [0.15, 0.2) is 0 Å². The van der Waals surface area contributed by atoms with Crippen molar-refractivity contribution in [1.29, 1.82) is 0 Å². The topological polar surface area (TPSA) is 91.6 Å². The molecule has 1 N–H and O–H groups in total. The molecular formula is C17H23N5O3S. The molecule has 1 aromatic heterocycles. The Morgan fingerprint density at radius 2 is 1.85 bits per heavy atom. The summed E-state index contributed by atoms with van der Waals surface area (Å²) in [6, 6.07) is 9.91. The van der Waals surface area contributed by atoms with E-state index in [0.717, 1.165) is 5.69 Å². The Balaban J connectivity index is 1.39. The zero-order valence-corrected chi connectivity index (χ0v) is 15.5. The third-order valence-corrected chi connectivity index (χ3v) is 7.36. The van der Waals surface area contributed by atoms with Gasteiger partial charge in [-0.2, -0.15) is 4.31 Å². The fourth-order valence-corrected chi connectivity index (χ4v) is 5.46. The number of para-hydroxylation sites is 1. The number of aromatic nitrogens is 2. The van der Waals surface area contributed by atoms with Crippen molar-refractivity contribution in [2.75, 3.05) is 37.6 Å². The number of nitrogens with zero attached hydrogens (tertiary/aromatic N) is 4. The number of benzene rings is 1. The molecule has 8 nitrogen and oxygen atoms in total. The van der Waals surface area contributed by atoms with Crippen LogP contribution < -0.4 is 10.2 Å². The highest BCUT2D eigenvalue weighted by Crippen LogP contribution is 2.28. The first kappa shape index (κ1) is 17.4. The van der Waals surface area contributed by atoms with Crippen LogP contribution in [0.3, 0.4) is 0 Å². The molecule has 26 heavy (non-hydrogen) atoms. The standard InChI is InChI=1S/C17H23N5O3S/c1-13-19-20-17(25-13)16-11-15(12-18-16)26(23,24)22-9-7-21(8-10-22)14-5-3-2-4-6-14/h2-6,15-16,18H,7-12H2,1H3. The van der Waals surface area contributed by atoms with E-state index in [-0.39, 0.29) is 6.04 Å². The van der Waals surface area contributed by atoms with Gasteiger partial charge in [0.05, 0.1) is 11.3 Å². The summed E-state index contributed by atoms with van der Waals surface area (Å²) in [5, 5.41) is 10.6. The fraction of sp³-hybridized carbons (Fsp3) is 0.529. The fourth-order valence-electron chi connectivity index (χ4n) is 3.62. The van der Waals surface area contributed by atoms with E-state index in [0.29, 0.717) is 50.9 Å². The number of rotatable bonds is 4. The van der Waals surface area contributed by atoms with Crippen molar-refractivity contribution in [2.45, 2.75) is 24.6 Å². The largest absolute Gasteiger partial charge is 0.424 e. The van der Waals surface area contributed by atoms with E-state index in [1.807, 2.05) is 18.2 Å². The lowest BCUT2D eigenvalue weighted by Crippen LogP contribution is -2.51. The molecule has 9 heteroatoms. The van der Waals surface area contributed by atoms with Crippen molar-refractivity contribution < 1.29 is 12.8 Å². The minimum absolute atomic E-state index is 0.193. The predicted octanol–water partition coefficient (Wildman–Crippen LogP) is 0.933. The Labute approximate surface area is 153 Å². The second-order valence-electron chi connectivity index (χ2n) is 6.74. The summed E-state index contributed by atoms with van der Waals surface area (Å²) < 4.78 is 33.1. The third kappa shape index (κ3) is 3.34. The van der Waals surface area contributed by atoms with E-state index < -0.39 is 15.3 Å². The highest BCUT2D eigenvalue weighted by atomic mass is 32.2. The quantitative estimate of drug-likeness (QED) is 0.847. The van der Waals surface area contributed by atoms with Crippen LogP contribution in [0, 0.1) is 6.92 Å². The molecule has 0 amide bonds. The van der Waals surface area contributed by atoms with Gasteiger partial charge in [-0.25, -0.2) is 8.42 Å². The molecule has 2 aliphatic rings. The monoisotopic (exact) mass is 377 g/mol. The lowest BCUT2D eigenvalue weighted by Gasteiger charge is -2.36. The molecule has 3 heterocycles. The van der Waals surface area contributed by atoms with Crippen molar-refractivity contribution in [3.63, 3.8) is 0 Å². The molecule has 2 atom stereocenters. The minimum atomic E-state index is -3.35. The average molecular weight is 377 g/mol. The highest BCUT2D eigenvalue weighted by molar-refractivity contribution is 7.89. The zero-order valence-electron chi connectivity index (χ0n) is 14.7. The molecule has 1 aromatic carbocycles. The van der Waals surface area contributed by atoms with Crippen LogP contribution in [0.25, 0.3) is 0 Å².